The SMILES string of the molecule is C.C.C/C(=C\CC#N)CP(C)(C)=O.C=CCl.CC(/C=C/C1=CCCCC1)=C(\C#N)C(=O)O.CC(/C=C/C1=CCCCC1)=C\C#N.CC(/C=C/C1=CCCCC1)=C\C=O.CC(/C=C/C=C(C)/C=C/C1=CCCCC1)=C\C#N.CC(/C=C/C=C(C)/C=C/C1=CCCCC1)=C\C=O.CCOC(=O)C(C#N)=C(C)C.O=C1CCCCC1.O=CC1=C(Cl)CCCC1.O=CC1=CCCCC1. The van der Waals surface area contributed by atoms with Crippen LogP contribution in [0.3, 0.4) is 0 Å². The average Bonchev–Trinajstić information content (AvgIpc) is 0.894. The highest BCUT2D eigenvalue weighted by Gasteiger charge is 2.13. The van der Waals surface area contributed by atoms with Gasteiger partial charge in [-0.1, -0.05) is 241 Å². The van der Waals surface area contributed by atoms with Crippen molar-refractivity contribution in [3.05, 3.63) is 282 Å². The van der Waals surface area contributed by atoms with Crippen LogP contribution in [-0.4, -0.2) is 74.1 Å². The molecule has 0 aromatic rings. The second kappa shape index (κ2) is 86.7. The van der Waals surface area contributed by atoms with Crippen molar-refractivity contribution < 1.29 is 48.0 Å². The summed E-state index contributed by atoms with van der Waals surface area (Å²) < 4.78 is 15.9. The van der Waals surface area contributed by atoms with Crippen LogP contribution in [0.1, 0.15) is 309 Å². The van der Waals surface area contributed by atoms with Crippen LogP contribution in [0.25, 0.3) is 0 Å². The number of halogens is 2. The van der Waals surface area contributed by atoms with Gasteiger partial charge >= 0.3 is 11.9 Å². The van der Waals surface area contributed by atoms with E-state index < -0.39 is 19.1 Å². The number of hydrogen-bond acceptors (Lipinski definition) is 14. The summed E-state index contributed by atoms with van der Waals surface area (Å²) in [7, 11) is -1.94. The maximum atomic E-state index is 11.3. The van der Waals surface area contributed by atoms with Gasteiger partial charge in [-0.15, -0.1) is 0 Å². The van der Waals surface area contributed by atoms with Crippen LogP contribution in [-0.2, 0) is 42.9 Å². The first-order valence-corrected chi connectivity index (χ1v) is 48.3. The highest BCUT2D eigenvalue weighted by molar-refractivity contribution is 7.62. The minimum Gasteiger partial charge on any atom is -0.477 e. The number of allylic oxidation sites excluding steroid dienone is 44. The number of aldehydes is 4. The van der Waals surface area contributed by atoms with Gasteiger partial charge in [0.25, 0.3) is 0 Å². The van der Waals surface area contributed by atoms with Gasteiger partial charge in [-0.25, -0.2) is 9.59 Å². The van der Waals surface area contributed by atoms with Crippen molar-refractivity contribution in [1.29, 1.82) is 26.3 Å². The lowest BCUT2D eigenvalue weighted by molar-refractivity contribution is -0.138. The zero-order valence-electron chi connectivity index (χ0n) is 78.7. The lowest BCUT2D eigenvalue weighted by Gasteiger charge is -2.09. The van der Waals surface area contributed by atoms with Gasteiger partial charge < -0.3 is 14.4 Å². The lowest BCUT2D eigenvalue weighted by Crippen LogP contribution is -2.07. The molecule has 18 heteroatoms. The minimum absolute atomic E-state index is 0. The van der Waals surface area contributed by atoms with E-state index in [4.69, 9.17) is 54.6 Å². The maximum Gasteiger partial charge on any atom is 0.348 e. The molecule has 8 aliphatic carbocycles. The van der Waals surface area contributed by atoms with Gasteiger partial charge in [-0.05, 0) is 333 Å². The van der Waals surface area contributed by atoms with Crippen LogP contribution in [0.2, 0.25) is 0 Å². The molecule has 15 nitrogen and oxygen atoms in total. The molecule has 129 heavy (non-hydrogen) atoms. The standard InChI is InChI=1S/C17H21N.C17H22O.C13H15NO2.C12H15N.C12H16O.C8H11NO2.C8H14NOP.C7H9ClO.C7H10O.C6H10O.C2H3Cl.2CH4/c2*1-15(7-6-8-16(2)13-14-18)11-12-17-9-4-3-5-10-17;1-10(12(9-14)13(15)16)7-8-11-5-3-2-4-6-11;2*1-11(9-10-13)7-8-12-5-3-2-4-6-12;1-4-11-8(10)7(5-9)6(2)3;1-8(5-4-6-9)7-11(2,3)10;8-7-4-2-1-3-6(7)5-9;8-6-7-4-2-1-3-5-7;7-6-4-2-1-3-5-6;1-2-3;;/h6-9,11-13H,3-5,10H2,1-2H3;6-9,11-14H,3-5,10H2,1-2H3;5,7-8H,2-4,6H2,1H3,(H,15,16);5,7-9H,2-4,6H2,1H3;5,7-10H,2-4,6H2,1H3;4H2,1-3H3;5H,4,7H2,1-3H3;5H,1-4H2;4,6H,1-3,5H2;1-5H2;2H,1H2;2*1H4/b2*8-6+,12-11+,15-7+,16-13+;8-7+,12-10-;2*8-7+,11-9+;;8-5+;;;;;;. The topological polar surface area (TPSA) is 285 Å². The molecule has 0 saturated heterocycles. The molecule has 0 aliphatic heterocycles. The van der Waals surface area contributed by atoms with Crippen molar-refractivity contribution in [1.82, 2.24) is 0 Å². The molecule has 8 aliphatic rings. The number of carboxylic acids is 1. The van der Waals surface area contributed by atoms with Gasteiger partial charge in [-0.3, -0.25) is 24.0 Å². The van der Waals surface area contributed by atoms with E-state index in [2.05, 4.69) is 104 Å². The number of rotatable bonds is 24. The molecule has 0 atom stereocenters. The highest BCUT2D eigenvalue weighted by Crippen LogP contribution is 2.38. The molecule has 0 amide bonds. The van der Waals surface area contributed by atoms with Crippen molar-refractivity contribution >= 4 is 73.2 Å². The second-order valence-corrected chi connectivity index (χ2v) is 36.2. The van der Waals surface area contributed by atoms with Crippen LogP contribution in [0.15, 0.2) is 282 Å². The van der Waals surface area contributed by atoms with Crippen LogP contribution in [0, 0.1) is 56.7 Å². The van der Waals surface area contributed by atoms with E-state index >= 15 is 0 Å². The predicted molar refractivity (Wildman–Crippen MR) is 545 cm³/mol. The Kier molecular flexibility index (Phi) is 85.2. The van der Waals surface area contributed by atoms with Crippen LogP contribution in [0.5, 0.6) is 0 Å². The summed E-state index contributed by atoms with van der Waals surface area (Å²) in [6.07, 6.45) is 97.2. The number of carbonyl (C=O) groups excluding carboxylic acids is 6. The molecule has 0 heterocycles. The maximum absolute atomic E-state index is 11.3. The van der Waals surface area contributed by atoms with Crippen LogP contribution >= 0.6 is 30.3 Å². The van der Waals surface area contributed by atoms with Crippen molar-refractivity contribution in [3.63, 3.8) is 0 Å². The molecule has 1 N–H and O–H groups in total. The van der Waals surface area contributed by atoms with Gasteiger partial charge in [0.15, 0.2) is 0 Å². The molecule has 1 fully saturated rings. The number of nitrogens with zero attached hydrogens (tertiary/aromatic N) is 5. The smallest absolute Gasteiger partial charge is 0.348 e. The third kappa shape index (κ3) is 78.1. The number of carbonyl (C=O) groups is 7. The molecule has 0 aromatic heterocycles. The average molecular weight is 1820 g/mol. The number of Topliss-reactive ketones (excluding diaryl/α,β-unsaturated/α-hetero) is 1. The van der Waals surface area contributed by atoms with E-state index in [-0.39, 0.29) is 26.0 Å². The Morgan fingerprint density at radius 2 is 0.798 bits per heavy atom. The fourth-order valence-electron chi connectivity index (χ4n) is 12.5. The van der Waals surface area contributed by atoms with Crippen LogP contribution < -0.4 is 0 Å². The first-order valence-electron chi connectivity index (χ1n) is 44.7. The predicted octanol–water partition coefficient (Wildman–Crippen LogP) is 31.4. The second-order valence-electron chi connectivity index (χ2n) is 31.9. The summed E-state index contributed by atoms with van der Waals surface area (Å²) in [5, 5.41) is 51.8. The number of ketones is 1. The lowest BCUT2D eigenvalue weighted by atomic mass is 9.98. The fourth-order valence-corrected chi connectivity index (χ4v) is 14.1. The number of ether oxygens (including phenoxy) is 1. The Morgan fingerprint density at radius 1 is 0.465 bits per heavy atom. The molecule has 8 rings (SSSR count). The fraction of sp³-hybridized carbons (Fsp3) is 0.459. The van der Waals surface area contributed by atoms with E-state index in [1.54, 1.807) is 83.5 Å². The van der Waals surface area contributed by atoms with Gasteiger partial charge in [-0.2, -0.15) is 26.3 Å². The summed E-state index contributed by atoms with van der Waals surface area (Å²) in [6.45, 7) is 27.5. The Labute approximate surface area is 789 Å². The first-order chi connectivity index (χ1) is 60.9. The minimum atomic E-state index is -1.94. The number of hydrogen-bond donors (Lipinski definition) is 1. The number of carboxylic acid groups (broad SMARTS) is 1. The summed E-state index contributed by atoms with van der Waals surface area (Å²) in [5.41, 5.74) is 18.6. The molecule has 0 unspecified atom stereocenters. The highest BCUT2D eigenvalue weighted by atomic mass is 35.5. The van der Waals surface area contributed by atoms with E-state index in [0.717, 1.165) is 146 Å². The number of nitriles is 5. The van der Waals surface area contributed by atoms with Gasteiger partial charge in [0.05, 0.1) is 38.4 Å². The van der Waals surface area contributed by atoms with E-state index in [0.29, 0.717) is 36.1 Å². The quantitative estimate of drug-likeness (QED) is 0.0179. The zero-order valence-corrected chi connectivity index (χ0v) is 81.1. The molecular weight excluding hydrogens is 1670 g/mol. The Morgan fingerprint density at radius 3 is 1.08 bits per heavy atom. The molecule has 0 spiro atoms. The molecule has 0 radical (unpaired) electrons. The van der Waals surface area contributed by atoms with E-state index in [1.165, 1.54) is 179 Å². The molecule has 1 saturated carbocycles. The molecular formula is C111H154Cl2N5O10P. The summed E-state index contributed by atoms with van der Waals surface area (Å²) in [5.74, 6) is -1.23. The molecule has 702 valence electrons. The zero-order chi connectivity index (χ0) is 95.5. The monoisotopic (exact) mass is 1820 g/mol. The van der Waals surface area contributed by atoms with Gasteiger partial charge in [0, 0.05) is 41.8 Å². The molecule has 0 bridgehead atoms. The third-order valence-electron chi connectivity index (χ3n) is 19.6. The van der Waals surface area contributed by atoms with E-state index in [1.807, 2.05) is 108 Å². The van der Waals surface area contributed by atoms with Crippen molar-refractivity contribution in [2.75, 3.05) is 26.1 Å². The Balaban J connectivity index is -0.000000444. The summed E-state index contributed by atoms with van der Waals surface area (Å²) in [6, 6.07) is 9.55. The van der Waals surface area contributed by atoms with Crippen molar-refractivity contribution in [3.8, 4) is 30.3 Å². The largest absolute Gasteiger partial charge is 0.477 e. The summed E-state index contributed by atoms with van der Waals surface area (Å²) in [4.78, 5) is 72.8. The van der Waals surface area contributed by atoms with Crippen molar-refractivity contribution in [2.45, 2.75) is 309 Å². The van der Waals surface area contributed by atoms with E-state index in [9.17, 15) is 38.1 Å². The van der Waals surface area contributed by atoms with Crippen LogP contribution in [0.4, 0.5) is 0 Å². The number of esters is 1. The van der Waals surface area contributed by atoms with Crippen molar-refractivity contribution in [2.24, 2.45) is 0 Å². The first kappa shape index (κ1) is 127. The third-order valence-corrected chi connectivity index (χ3v) is 21.2. The number of aliphatic carboxylic acids is 1. The normalized spacial score (nSPS) is 16.8. The Bertz CT molecular complexity index is 4470. The molecule has 0 aromatic carbocycles. The Hall–Kier alpha value is -10.7. The summed E-state index contributed by atoms with van der Waals surface area (Å²) >= 11 is 10.5. The van der Waals surface area contributed by atoms with Gasteiger partial charge in [0.1, 0.15) is 54.2 Å². The van der Waals surface area contributed by atoms with Gasteiger partial charge in [0.2, 0.25) is 0 Å².